The summed E-state index contributed by atoms with van der Waals surface area (Å²) in [5, 5.41) is 12.2. The minimum absolute atomic E-state index is 0.334. The lowest BCUT2D eigenvalue weighted by atomic mass is 9.84. The van der Waals surface area contributed by atoms with Crippen molar-refractivity contribution in [2.24, 2.45) is 0 Å². The van der Waals surface area contributed by atoms with Crippen molar-refractivity contribution >= 4 is 23.3 Å². The van der Waals surface area contributed by atoms with Crippen LogP contribution in [0.15, 0.2) is 54.6 Å². The number of anilines is 4. The molecule has 216 valence electrons. The Balaban J connectivity index is 1.05. The van der Waals surface area contributed by atoms with Crippen molar-refractivity contribution in [3.63, 3.8) is 0 Å². The number of nitrogens with zero attached hydrogens (tertiary/aromatic N) is 5. The normalized spacial score (nSPS) is 20.4. The van der Waals surface area contributed by atoms with Gasteiger partial charge in [0.15, 0.2) is 5.82 Å². The predicted molar refractivity (Wildman–Crippen MR) is 169 cm³/mol. The highest BCUT2D eigenvalue weighted by molar-refractivity contribution is 5.83. The van der Waals surface area contributed by atoms with E-state index in [1.807, 2.05) is 0 Å². The maximum absolute atomic E-state index is 6.47. The minimum atomic E-state index is 0.334. The van der Waals surface area contributed by atoms with Crippen LogP contribution in [0.5, 0.6) is 0 Å². The van der Waals surface area contributed by atoms with Crippen LogP contribution in [-0.2, 0) is 12.8 Å². The fourth-order valence-electron chi connectivity index (χ4n) is 7.74. The predicted octanol–water partition coefficient (Wildman–Crippen LogP) is 6.13. The van der Waals surface area contributed by atoms with Crippen LogP contribution in [0.3, 0.4) is 0 Å². The first-order valence-electron chi connectivity index (χ1n) is 15.9. The van der Waals surface area contributed by atoms with E-state index >= 15 is 0 Å². The zero-order valence-electron chi connectivity index (χ0n) is 24.2. The van der Waals surface area contributed by atoms with E-state index in [1.165, 1.54) is 72.2 Å². The lowest BCUT2D eigenvalue weighted by Gasteiger charge is -2.42. The third kappa shape index (κ3) is 4.81. The lowest BCUT2D eigenvalue weighted by Crippen LogP contribution is -2.40. The Bertz CT molecular complexity index is 1580. The van der Waals surface area contributed by atoms with E-state index in [4.69, 9.17) is 15.8 Å². The highest BCUT2D eigenvalue weighted by Gasteiger charge is 2.35. The molecule has 2 aliphatic carbocycles. The summed E-state index contributed by atoms with van der Waals surface area (Å²) in [5.41, 5.74) is 15.2. The number of aryl methyl sites for hydroxylation is 2. The van der Waals surface area contributed by atoms with Gasteiger partial charge in [-0.3, -0.25) is 0 Å². The number of pyridine rings is 1. The van der Waals surface area contributed by atoms with Crippen LogP contribution in [0.1, 0.15) is 74.1 Å². The van der Waals surface area contributed by atoms with E-state index in [0.717, 1.165) is 56.3 Å². The van der Waals surface area contributed by atoms with Crippen molar-refractivity contribution in [2.75, 3.05) is 29.0 Å². The molecule has 9 rings (SSSR count). The number of hydrogen-bond donors (Lipinski definition) is 3. The van der Waals surface area contributed by atoms with Gasteiger partial charge in [0.25, 0.3) is 0 Å². The van der Waals surface area contributed by atoms with Gasteiger partial charge in [0.05, 0.1) is 11.4 Å². The molecule has 1 atom stereocenters. The number of hydrogen-bond acceptors (Lipinski definition) is 7. The molecule has 4 N–H and O–H groups in total. The summed E-state index contributed by atoms with van der Waals surface area (Å²) in [6.45, 7) is 2.19. The molecule has 5 heterocycles. The van der Waals surface area contributed by atoms with Gasteiger partial charge in [-0.15, -0.1) is 5.10 Å². The van der Waals surface area contributed by atoms with Crippen molar-refractivity contribution in [3.05, 3.63) is 71.4 Å². The molecule has 1 saturated heterocycles. The van der Waals surface area contributed by atoms with Gasteiger partial charge in [-0.05, 0) is 86.3 Å². The average molecular weight is 561 g/mol. The second-order valence-electron chi connectivity index (χ2n) is 12.6. The average Bonchev–Trinajstić information content (AvgIpc) is 3.63. The van der Waals surface area contributed by atoms with Crippen molar-refractivity contribution in [1.29, 1.82) is 0 Å². The van der Waals surface area contributed by atoms with Gasteiger partial charge in [-0.1, -0.05) is 49.2 Å². The van der Waals surface area contributed by atoms with E-state index in [2.05, 4.69) is 75.1 Å². The standard InChI is InChI=1S/C34H40N8/c35-33-39-34(37-28-15-11-22-10-13-27(14-12-25(22)20-28)36-26-8-4-5-9-26)40-42(33)30-21-29(23-6-2-1-3-7-23)32-31(38-30)24-16-18-41(32)19-17-24/h1-3,6-7,11,15,20-21,24,26-27,36H,4-5,8-10,12-14,16-19H2,(H3,35,37,39,40). The second-order valence-corrected chi connectivity index (χ2v) is 12.6. The van der Waals surface area contributed by atoms with Gasteiger partial charge in [-0.2, -0.15) is 9.67 Å². The Morgan fingerprint density at radius 3 is 2.36 bits per heavy atom. The minimum Gasteiger partial charge on any atom is -0.370 e. The first kappa shape index (κ1) is 25.8. The highest BCUT2D eigenvalue weighted by atomic mass is 15.4. The highest BCUT2D eigenvalue weighted by Crippen LogP contribution is 2.46. The van der Waals surface area contributed by atoms with Crippen LogP contribution >= 0.6 is 0 Å². The van der Waals surface area contributed by atoms with Crippen LogP contribution in [0, 0.1) is 0 Å². The topological polar surface area (TPSA) is 96.9 Å². The Kier molecular flexibility index (Phi) is 6.59. The summed E-state index contributed by atoms with van der Waals surface area (Å²) >= 11 is 0. The van der Waals surface area contributed by atoms with Crippen LogP contribution in [0.25, 0.3) is 16.9 Å². The van der Waals surface area contributed by atoms with Crippen LogP contribution < -0.4 is 21.3 Å². The molecule has 2 aromatic carbocycles. The van der Waals surface area contributed by atoms with Crippen LogP contribution in [0.2, 0.25) is 0 Å². The van der Waals surface area contributed by atoms with E-state index in [1.54, 1.807) is 4.68 Å². The lowest BCUT2D eigenvalue weighted by molar-refractivity contribution is 0.398. The van der Waals surface area contributed by atoms with Gasteiger partial charge in [0.1, 0.15) is 0 Å². The molecule has 8 nitrogen and oxygen atoms in total. The molecule has 0 spiro atoms. The maximum Gasteiger partial charge on any atom is 0.248 e. The third-order valence-corrected chi connectivity index (χ3v) is 9.95. The molecule has 3 aliphatic heterocycles. The summed E-state index contributed by atoms with van der Waals surface area (Å²) in [6, 6.07) is 20.8. The first-order valence-corrected chi connectivity index (χ1v) is 15.9. The second kappa shape index (κ2) is 10.7. The first-order chi connectivity index (χ1) is 20.7. The van der Waals surface area contributed by atoms with E-state index in [9.17, 15) is 0 Å². The Morgan fingerprint density at radius 1 is 0.786 bits per heavy atom. The van der Waals surface area contributed by atoms with Gasteiger partial charge >= 0.3 is 0 Å². The monoisotopic (exact) mass is 560 g/mol. The summed E-state index contributed by atoms with van der Waals surface area (Å²) in [5.74, 6) is 2.03. The van der Waals surface area contributed by atoms with Crippen LogP contribution in [-0.4, -0.2) is 44.9 Å². The molecule has 2 fully saturated rings. The maximum atomic E-state index is 6.47. The van der Waals surface area contributed by atoms with Crippen molar-refractivity contribution in [3.8, 4) is 16.9 Å². The van der Waals surface area contributed by atoms with E-state index < -0.39 is 0 Å². The van der Waals surface area contributed by atoms with Gasteiger partial charge < -0.3 is 21.3 Å². The number of nitrogen functional groups attached to an aromatic ring is 1. The van der Waals surface area contributed by atoms with Gasteiger partial charge in [0, 0.05) is 42.3 Å². The molecule has 2 bridgehead atoms. The largest absolute Gasteiger partial charge is 0.370 e. The molecule has 2 aromatic heterocycles. The summed E-state index contributed by atoms with van der Waals surface area (Å²) in [6.07, 6.45) is 12.4. The quantitative estimate of drug-likeness (QED) is 0.244. The molecule has 5 aliphatic rings. The van der Waals surface area contributed by atoms with Gasteiger partial charge in [0.2, 0.25) is 11.9 Å². The number of benzene rings is 2. The molecular formula is C34H40N8. The molecule has 4 aromatic rings. The fourth-order valence-corrected chi connectivity index (χ4v) is 7.74. The number of aromatic nitrogens is 4. The summed E-state index contributed by atoms with van der Waals surface area (Å²) in [4.78, 5) is 12.3. The zero-order valence-corrected chi connectivity index (χ0v) is 24.2. The number of fused-ring (bicyclic) bond motifs is 3. The summed E-state index contributed by atoms with van der Waals surface area (Å²) in [7, 11) is 0. The van der Waals surface area contributed by atoms with Crippen molar-refractivity contribution < 1.29 is 0 Å². The van der Waals surface area contributed by atoms with E-state index in [0.29, 0.717) is 23.9 Å². The number of piperidine rings is 1. The molecule has 8 heteroatoms. The SMILES string of the molecule is Nc1nc(Nc2ccc3c(c2)CCC(NC2CCCC2)CC3)nn1-c1cc(-c2ccccc2)c2c(n1)C1CCN2CC1. The number of nitrogens with two attached hydrogens (primary N) is 1. The smallest absolute Gasteiger partial charge is 0.248 e. The number of rotatable bonds is 6. The van der Waals surface area contributed by atoms with E-state index in [-0.39, 0.29) is 0 Å². The molecule has 42 heavy (non-hydrogen) atoms. The Morgan fingerprint density at radius 2 is 1.55 bits per heavy atom. The summed E-state index contributed by atoms with van der Waals surface area (Å²) < 4.78 is 1.69. The Labute approximate surface area is 247 Å². The van der Waals surface area contributed by atoms with Crippen LogP contribution in [0.4, 0.5) is 23.3 Å². The molecular weight excluding hydrogens is 520 g/mol. The fraction of sp³-hybridized carbons (Fsp3) is 0.441. The number of nitrogens with one attached hydrogen (secondary N) is 2. The van der Waals surface area contributed by atoms with Gasteiger partial charge in [-0.25, -0.2) is 4.98 Å². The zero-order chi connectivity index (χ0) is 28.0. The molecule has 1 unspecified atom stereocenters. The molecule has 1 saturated carbocycles. The third-order valence-electron chi connectivity index (χ3n) is 9.95. The molecule has 0 radical (unpaired) electrons. The van der Waals surface area contributed by atoms with Crippen molar-refractivity contribution in [2.45, 2.75) is 82.2 Å². The van der Waals surface area contributed by atoms with Crippen molar-refractivity contribution in [1.82, 2.24) is 25.1 Å². The molecule has 0 amide bonds. The Hall–Kier alpha value is -3.91.